The molecule has 0 aliphatic heterocycles. The molecule has 0 saturated heterocycles. The highest BCUT2D eigenvalue weighted by Crippen LogP contribution is 2.49. The quantitative estimate of drug-likeness (QED) is 0.280. The number of guanidine groups is 1. The number of rotatable bonds is 2. The van der Waals surface area contributed by atoms with E-state index in [-0.39, 0.29) is 5.96 Å². The fourth-order valence-electron chi connectivity index (χ4n) is 1.35. The Morgan fingerprint density at radius 1 is 1.67 bits per heavy atom. The van der Waals surface area contributed by atoms with Gasteiger partial charge in [-0.2, -0.15) is 0 Å². The van der Waals surface area contributed by atoms with Crippen molar-refractivity contribution in [1.29, 1.82) is 0 Å². The van der Waals surface area contributed by atoms with Gasteiger partial charge in [0, 0.05) is 13.1 Å². The molecule has 0 spiro atoms. The first kappa shape index (κ1) is 9.16. The highest BCUT2D eigenvalue weighted by atomic mass is 16.4. The van der Waals surface area contributed by atoms with Crippen LogP contribution in [-0.4, -0.2) is 29.2 Å². The summed E-state index contributed by atoms with van der Waals surface area (Å²) in [6.07, 6.45) is 2.47. The van der Waals surface area contributed by atoms with Crippen LogP contribution in [0.15, 0.2) is 5.16 Å². The lowest BCUT2D eigenvalue weighted by Crippen LogP contribution is -2.44. The van der Waals surface area contributed by atoms with Gasteiger partial charge in [-0.05, 0) is 25.2 Å². The van der Waals surface area contributed by atoms with Crippen molar-refractivity contribution >= 4 is 5.96 Å². The van der Waals surface area contributed by atoms with E-state index in [1.165, 1.54) is 12.8 Å². The van der Waals surface area contributed by atoms with E-state index in [9.17, 15) is 0 Å². The molecule has 1 saturated carbocycles. The number of nitrogens with zero attached hydrogens (tertiary/aromatic N) is 2. The molecule has 0 amide bonds. The Morgan fingerprint density at radius 3 is 2.50 bits per heavy atom. The summed E-state index contributed by atoms with van der Waals surface area (Å²) in [5, 5.41) is 11.4. The SMILES string of the molecule is CC(N(C)/C(N)=N/O)C1(C)CC1. The molecule has 1 atom stereocenters. The molecular formula is C8H17N3O. The maximum Gasteiger partial charge on any atom is 0.233 e. The van der Waals surface area contributed by atoms with Crippen LogP contribution in [0, 0.1) is 5.41 Å². The van der Waals surface area contributed by atoms with E-state index in [0.29, 0.717) is 11.5 Å². The second kappa shape index (κ2) is 2.84. The van der Waals surface area contributed by atoms with Gasteiger partial charge in [0.05, 0.1) is 0 Å². The highest BCUT2D eigenvalue weighted by molar-refractivity contribution is 5.77. The molecule has 12 heavy (non-hydrogen) atoms. The lowest BCUT2D eigenvalue weighted by molar-refractivity contribution is 0.250. The van der Waals surface area contributed by atoms with Gasteiger partial charge in [-0.1, -0.05) is 12.1 Å². The van der Waals surface area contributed by atoms with E-state index < -0.39 is 0 Å². The molecule has 3 N–H and O–H groups in total. The lowest BCUT2D eigenvalue weighted by atomic mass is 10.00. The molecule has 70 valence electrons. The molecule has 1 fully saturated rings. The summed E-state index contributed by atoms with van der Waals surface area (Å²) in [5.41, 5.74) is 5.83. The van der Waals surface area contributed by atoms with E-state index in [1.807, 2.05) is 11.9 Å². The van der Waals surface area contributed by atoms with E-state index in [0.717, 1.165) is 0 Å². The second-order valence-electron chi connectivity index (χ2n) is 3.90. The molecule has 1 unspecified atom stereocenters. The van der Waals surface area contributed by atoms with Crippen molar-refractivity contribution in [3.8, 4) is 0 Å². The first-order valence-corrected chi connectivity index (χ1v) is 4.21. The predicted octanol–water partition coefficient (Wildman–Crippen LogP) is 0.811. The first-order chi connectivity index (χ1) is 5.51. The third-order valence-electron chi connectivity index (χ3n) is 3.09. The Morgan fingerprint density at radius 2 is 2.17 bits per heavy atom. The van der Waals surface area contributed by atoms with Crippen molar-refractivity contribution in [2.75, 3.05) is 7.05 Å². The smallest absolute Gasteiger partial charge is 0.233 e. The molecule has 0 bridgehead atoms. The molecule has 0 aromatic heterocycles. The van der Waals surface area contributed by atoms with Crippen LogP contribution in [0.25, 0.3) is 0 Å². The normalized spacial score (nSPS) is 23.4. The number of nitrogens with two attached hydrogens (primary N) is 1. The summed E-state index contributed by atoms with van der Waals surface area (Å²) in [6, 6.07) is 0.341. The van der Waals surface area contributed by atoms with Crippen molar-refractivity contribution in [2.45, 2.75) is 32.7 Å². The molecule has 1 aliphatic carbocycles. The number of hydrogen-bond acceptors (Lipinski definition) is 2. The van der Waals surface area contributed by atoms with E-state index >= 15 is 0 Å². The Hall–Kier alpha value is -0.930. The van der Waals surface area contributed by atoms with Crippen LogP contribution in [0.1, 0.15) is 26.7 Å². The van der Waals surface area contributed by atoms with E-state index in [4.69, 9.17) is 10.9 Å². The van der Waals surface area contributed by atoms with Crippen LogP contribution in [0.3, 0.4) is 0 Å². The van der Waals surface area contributed by atoms with Crippen molar-refractivity contribution in [3.63, 3.8) is 0 Å². The topological polar surface area (TPSA) is 61.8 Å². The average molecular weight is 171 g/mol. The molecule has 0 heterocycles. The second-order valence-corrected chi connectivity index (χ2v) is 3.90. The Balaban J connectivity index is 2.58. The molecule has 1 aliphatic rings. The van der Waals surface area contributed by atoms with Crippen molar-refractivity contribution in [3.05, 3.63) is 0 Å². The number of hydrogen-bond donors (Lipinski definition) is 2. The van der Waals surface area contributed by atoms with E-state index in [2.05, 4.69) is 19.0 Å². The van der Waals surface area contributed by atoms with Gasteiger partial charge in [0.2, 0.25) is 5.96 Å². The highest BCUT2D eigenvalue weighted by Gasteiger charge is 2.44. The third kappa shape index (κ3) is 1.47. The standard InChI is InChI=1S/C8H17N3O/c1-6(8(2)4-5-8)11(3)7(9)10-12/h6,12H,4-5H2,1-3H3,(H2,9,10). The molecule has 0 aromatic rings. The minimum Gasteiger partial charge on any atom is -0.408 e. The molecule has 1 rings (SSSR count). The average Bonchev–Trinajstić information content (AvgIpc) is 2.81. The van der Waals surface area contributed by atoms with Crippen LogP contribution >= 0.6 is 0 Å². The molecule has 0 aromatic carbocycles. The minimum atomic E-state index is 0.190. The van der Waals surface area contributed by atoms with Crippen LogP contribution in [-0.2, 0) is 0 Å². The zero-order valence-corrected chi connectivity index (χ0v) is 7.91. The zero-order chi connectivity index (χ0) is 9.35. The summed E-state index contributed by atoms with van der Waals surface area (Å²) >= 11 is 0. The van der Waals surface area contributed by atoms with Gasteiger partial charge < -0.3 is 15.8 Å². The van der Waals surface area contributed by atoms with Gasteiger partial charge in [0.1, 0.15) is 0 Å². The summed E-state index contributed by atoms with van der Waals surface area (Å²) in [4.78, 5) is 1.81. The Labute approximate surface area is 73.0 Å². The number of oxime groups is 1. The van der Waals surface area contributed by atoms with Crippen molar-refractivity contribution in [1.82, 2.24) is 4.90 Å². The fourth-order valence-corrected chi connectivity index (χ4v) is 1.35. The largest absolute Gasteiger partial charge is 0.408 e. The molecule has 4 nitrogen and oxygen atoms in total. The Kier molecular flexibility index (Phi) is 2.17. The lowest BCUT2D eigenvalue weighted by Gasteiger charge is -2.29. The molecular weight excluding hydrogens is 154 g/mol. The van der Waals surface area contributed by atoms with E-state index in [1.54, 1.807) is 0 Å². The maximum absolute atomic E-state index is 8.46. The fraction of sp³-hybridized carbons (Fsp3) is 0.875. The van der Waals surface area contributed by atoms with Gasteiger partial charge in [-0.15, -0.1) is 0 Å². The van der Waals surface area contributed by atoms with Gasteiger partial charge in [-0.25, -0.2) is 0 Å². The van der Waals surface area contributed by atoms with Gasteiger partial charge in [0.25, 0.3) is 0 Å². The van der Waals surface area contributed by atoms with Gasteiger partial charge in [0.15, 0.2) is 0 Å². The zero-order valence-electron chi connectivity index (χ0n) is 7.91. The summed E-state index contributed by atoms with van der Waals surface area (Å²) < 4.78 is 0. The Bertz CT molecular complexity index is 198. The summed E-state index contributed by atoms with van der Waals surface area (Å²) in [5.74, 6) is 0.190. The minimum absolute atomic E-state index is 0.190. The van der Waals surface area contributed by atoms with Crippen LogP contribution in [0.5, 0.6) is 0 Å². The van der Waals surface area contributed by atoms with Crippen LogP contribution < -0.4 is 5.73 Å². The third-order valence-corrected chi connectivity index (χ3v) is 3.09. The van der Waals surface area contributed by atoms with Gasteiger partial charge >= 0.3 is 0 Å². The summed E-state index contributed by atoms with van der Waals surface area (Å²) in [6.45, 7) is 4.32. The van der Waals surface area contributed by atoms with Crippen LogP contribution in [0.4, 0.5) is 0 Å². The van der Waals surface area contributed by atoms with Crippen LogP contribution in [0.2, 0.25) is 0 Å². The predicted molar refractivity (Wildman–Crippen MR) is 48.0 cm³/mol. The molecule has 0 radical (unpaired) electrons. The van der Waals surface area contributed by atoms with Gasteiger partial charge in [-0.3, -0.25) is 0 Å². The van der Waals surface area contributed by atoms with Crippen molar-refractivity contribution < 1.29 is 5.21 Å². The monoisotopic (exact) mass is 171 g/mol. The van der Waals surface area contributed by atoms with Crippen molar-refractivity contribution in [2.24, 2.45) is 16.3 Å². The summed E-state index contributed by atoms with van der Waals surface area (Å²) in [7, 11) is 1.85. The maximum atomic E-state index is 8.46. The first-order valence-electron chi connectivity index (χ1n) is 4.21. The molecule has 4 heteroatoms.